The van der Waals surface area contributed by atoms with Gasteiger partial charge in [-0.3, -0.25) is 9.36 Å². The van der Waals surface area contributed by atoms with Crippen LogP contribution in [0.1, 0.15) is 62.3 Å². The number of aliphatic carboxylic acids is 1. The average molecular weight is 620 g/mol. The maximum atomic E-state index is 13.5. The van der Waals surface area contributed by atoms with Crippen LogP contribution in [0.4, 0.5) is 0 Å². The van der Waals surface area contributed by atoms with Gasteiger partial charge in [-0.05, 0) is 76.3 Å². The predicted molar refractivity (Wildman–Crippen MR) is 176 cm³/mol. The van der Waals surface area contributed by atoms with Crippen molar-refractivity contribution in [1.29, 1.82) is 0 Å². The minimum absolute atomic E-state index is 0. The van der Waals surface area contributed by atoms with Crippen LogP contribution >= 0.6 is 12.4 Å². The lowest BCUT2D eigenvalue weighted by atomic mass is 10.00. The van der Waals surface area contributed by atoms with Crippen LogP contribution in [-0.4, -0.2) is 50.8 Å². The molecule has 44 heavy (non-hydrogen) atoms. The summed E-state index contributed by atoms with van der Waals surface area (Å²) in [5.41, 5.74) is 0.917. The molecule has 0 saturated carbocycles. The lowest BCUT2D eigenvalue weighted by Gasteiger charge is -2.34. The summed E-state index contributed by atoms with van der Waals surface area (Å²) in [6, 6.07) is 26.1. The van der Waals surface area contributed by atoms with Crippen LogP contribution < -0.4 is 11.2 Å². The van der Waals surface area contributed by atoms with Gasteiger partial charge < -0.3 is 14.7 Å². The molecule has 2 heterocycles. The molecule has 1 fully saturated rings. The van der Waals surface area contributed by atoms with Gasteiger partial charge in [-0.2, -0.15) is 0 Å². The number of aryl methyl sites for hydroxylation is 2. The van der Waals surface area contributed by atoms with E-state index in [1.165, 1.54) is 13.8 Å². The number of aromatic nitrogens is 2. The fraction of sp³-hybridized carbons (Fsp3) is 0.400. The maximum Gasteiger partial charge on any atom is 0.332 e. The molecule has 1 saturated heterocycles. The molecule has 1 aromatic heterocycles. The number of ether oxygens (including phenoxy) is 1. The smallest absolute Gasteiger partial charge is 0.332 e. The molecular weight excluding hydrogens is 578 g/mol. The van der Waals surface area contributed by atoms with Gasteiger partial charge in [0.2, 0.25) is 0 Å². The van der Waals surface area contributed by atoms with Crippen molar-refractivity contribution >= 4 is 29.3 Å². The molecule has 0 spiro atoms. The van der Waals surface area contributed by atoms with Crippen LogP contribution in [0.15, 0.2) is 88.5 Å². The standard InChI is InChI=1S/C35H41N3O5.ClH/c1-25-16-17-30-29(24-25)32(39)38(35(2,3)33(40)41)34(42)37(30)21-11-10-20-36-22-18-28(19-23-36)43-31(26-12-6-4-7-13-26)27-14-8-5-9-15-27;/h4-9,12-17,24,28,31H,10-11,18-23H2,1-3H3,(H,40,41);1H. The highest BCUT2D eigenvalue weighted by Crippen LogP contribution is 2.30. The van der Waals surface area contributed by atoms with E-state index in [4.69, 9.17) is 4.74 Å². The number of fused-ring (bicyclic) bond motifs is 1. The zero-order valence-corrected chi connectivity index (χ0v) is 26.5. The van der Waals surface area contributed by atoms with Crippen molar-refractivity contribution in [3.8, 4) is 0 Å². The molecule has 8 nitrogen and oxygen atoms in total. The van der Waals surface area contributed by atoms with Gasteiger partial charge in [-0.1, -0.05) is 72.3 Å². The highest BCUT2D eigenvalue weighted by atomic mass is 35.5. The van der Waals surface area contributed by atoms with Gasteiger partial charge in [-0.25, -0.2) is 14.2 Å². The normalized spacial score (nSPS) is 14.5. The van der Waals surface area contributed by atoms with Crippen molar-refractivity contribution in [3.05, 3.63) is 116 Å². The topological polar surface area (TPSA) is 93.8 Å². The Morgan fingerprint density at radius 1 is 0.909 bits per heavy atom. The third kappa shape index (κ3) is 7.15. The van der Waals surface area contributed by atoms with Crippen LogP contribution in [0, 0.1) is 6.92 Å². The number of unbranched alkanes of at least 4 members (excludes halogenated alkanes) is 1. The Bertz CT molecular complexity index is 1640. The third-order valence-electron chi connectivity index (χ3n) is 8.55. The van der Waals surface area contributed by atoms with Gasteiger partial charge in [0, 0.05) is 19.6 Å². The van der Waals surface area contributed by atoms with Crippen molar-refractivity contribution in [2.24, 2.45) is 0 Å². The number of piperidine rings is 1. The highest BCUT2D eigenvalue weighted by Gasteiger charge is 2.34. The van der Waals surface area contributed by atoms with Crippen molar-refractivity contribution in [1.82, 2.24) is 14.0 Å². The maximum absolute atomic E-state index is 13.5. The summed E-state index contributed by atoms with van der Waals surface area (Å²) in [5.74, 6) is -1.23. The van der Waals surface area contributed by atoms with Crippen LogP contribution in [0.3, 0.4) is 0 Å². The van der Waals surface area contributed by atoms with Crippen LogP contribution in [-0.2, 0) is 21.6 Å². The lowest BCUT2D eigenvalue weighted by molar-refractivity contribution is -0.146. The van der Waals surface area contributed by atoms with Crippen molar-refractivity contribution < 1.29 is 14.6 Å². The zero-order chi connectivity index (χ0) is 30.6. The van der Waals surface area contributed by atoms with E-state index in [1.807, 2.05) is 25.1 Å². The van der Waals surface area contributed by atoms with Crippen molar-refractivity contribution in [3.63, 3.8) is 0 Å². The number of carbonyl (C=O) groups is 1. The van der Waals surface area contributed by atoms with Crippen LogP contribution in [0.2, 0.25) is 0 Å². The summed E-state index contributed by atoms with van der Waals surface area (Å²) in [5, 5.41) is 10.1. The van der Waals surface area contributed by atoms with E-state index in [0.717, 1.165) is 66.6 Å². The molecule has 0 atom stereocenters. The van der Waals surface area contributed by atoms with E-state index < -0.39 is 22.8 Å². The Morgan fingerprint density at radius 2 is 1.48 bits per heavy atom. The summed E-state index contributed by atoms with van der Waals surface area (Å²) in [6.45, 7) is 7.85. The minimum atomic E-state index is -1.67. The second-order valence-corrected chi connectivity index (χ2v) is 12.0. The van der Waals surface area contributed by atoms with Gasteiger partial charge >= 0.3 is 11.7 Å². The number of carboxylic acids is 1. The number of carboxylic acid groups (broad SMARTS) is 1. The second kappa shape index (κ2) is 14.4. The third-order valence-corrected chi connectivity index (χ3v) is 8.55. The van der Waals surface area contributed by atoms with E-state index >= 15 is 0 Å². The largest absolute Gasteiger partial charge is 0.480 e. The van der Waals surface area contributed by atoms with Gasteiger partial charge in [0.1, 0.15) is 11.6 Å². The molecule has 1 aliphatic heterocycles. The molecule has 234 valence electrons. The van der Waals surface area contributed by atoms with Gasteiger partial charge in [0.25, 0.3) is 5.56 Å². The molecule has 1 N–H and O–H groups in total. The lowest BCUT2D eigenvalue weighted by Crippen LogP contribution is -2.52. The molecule has 0 amide bonds. The Labute approximate surface area is 264 Å². The Kier molecular flexibility index (Phi) is 10.8. The quantitative estimate of drug-likeness (QED) is 0.215. The fourth-order valence-electron chi connectivity index (χ4n) is 5.96. The van der Waals surface area contributed by atoms with E-state index in [1.54, 1.807) is 16.7 Å². The molecule has 0 bridgehead atoms. The monoisotopic (exact) mass is 619 g/mol. The second-order valence-electron chi connectivity index (χ2n) is 12.0. The molecule has 5 rings (SSSR count). The number of nitrogens with zero attached hydrogens (tertiary/aromatic N) is 3. The number of rotatable bonds is 11. The summed E-state index contributed by atoms with van der Waals surface area (Å²) in [7, 11) is 0. The average Bonchev–Trinajstić information content (AvgIpc) is 3.01. The molecule has 0 radical (unpaired) electrons. The summed E-state index contributed by atoms with van der Waals surface area (Å²) in [6.07, 6.45) is 3.60. The molecule has 4 aromatic rings. The molecule has 3 aromatic carbocycles. The van der Waals surface area contributed by atoms with Crippen LogP contribution in [0.5, 0.6) is 0 Å². The first kappa shape index (κ1) is 33.2. The molecule has 0 aliphatic carbocycles. The number of hydrogen-bond acceptors (Lipinski definition) is 5. The first-order valence-corrected chi connectivity index (χ1v) is 15.1. The number of halogens is 1. The summed E-state index contributed by atoms with van der Waals surface area (Å²) >= 11 is 0. The molecular formula is C35H42ClN3O5. The van der Waals surface area contributed by atoms with Gasteiger partial charge in [-0.15, -0.1) is 12.4 Å². The van der Waals surface area contributed by atoms with Crippen molar-refractivity contribution in [2.45, 2.75) is 70.7 Å². The Morgan fingerprint density at radius 3 is 2.05 bits per heavy atom. The first-order chi connectivity index (χ1) is 20.7. The minimum Gasteiger partial charge on any atom is -0.480 e. The molecule has 1 aliphatic rings. The van der Waals surface area contributed by atoms with E-state index in [2.05, 4.69) is 53.4 Å². The van der Waals surface area contributed by atoms with E-state index in [9.17, 15) is 19.5 Å². The predicted octanol–water partition coefficient (Wildman–Crippen LogP) is 5.76. The van der Waals surface area contributed by atoms with E-state index in [-0.39, 0.29) is 24.6 Å². The Hall–Kier alpha value is -3.72. The van der Waals surface area contributed by atoms with Crippen LogP contribution in [0.25, 0.3) is 10.9 Å². The summed E-state index contributed by atoms with van der Waals surface area (Å²) in [4.78, 5) is 41.2. The van der Waals surface area contributed by atoms with Crippen molar-refractivity contribution in [2.75, 3.05) is 19.6 Å². The van der Waals surface area contributed by atoms with Gasteiger partial charge in [0.05, 0.1) is 17.0 Å². The number of hydrogen-bond donors (Lipinski definition) is 1. The summed E-state index contributed by atoms with van der Waals surface area (Å²) < 4.78 is 9.14. The molecule has 0 unspecified atom stereocenters. The van der Waals surface area contributed by atoms with E-state index in [0.29, 0.717) is 17.4 Å². The zero-order valence-electron chi connectivity index (χ0n) is 25.6. The first-order valence-electron chi connectivity index (χ1n) is 15.1. The number of benzene rings is 3. The SMILES string of the molecule is Cc1ccc2c(c1)c(=O)n(C(C)(C)C(=O)O)c(=O)n2CCCCN1CCC(OC(c2ccccc2)c2ccccc2)CC1.Cl. The highest BCUT2D eigenvalue weighted by molar-refractivity contribution is 5.85. The fourth-order valence-corrected chi connectivity index (χ4v) is 5.96. The number of likely N-dealkylation sites (tertiary alicyclic amines) is 1. The Balaban J connectivity index is 0.00000442. The molecule has 9 heteroatoms. The van der Waals surface area contributed by atoms with Gasteiger partial charge in [0.15, 0.2) is 0 Å².